The zero-order valence-corrected chi connectivity index (χ0v) is 10.1. The minimum absolute atomic E-state index is 0.0418. The normalized spacial score (nSPS) is 9.65. The van der Waals surface area contributed by atoms with Crippen LogP contribution in [0.25, 0.3) is 0 Å². The van der Waals surface area contributed by atoms with Gasteiger partial charge in [0.2, 0.25) is 5.91 Å². The first kappa shape index (κ1) is 13.3. The Hall–Kier alpha value is -1.79. The zero-order valence-electron chi connectivity index (χ0n) is 10.1. The zero-order chi connectivity index (χ0) is 12.5. The highest BCUT2D eigenvalue weighted by Gasteiger charge is 1.99. The number of carbonyl (C=O) groups is 1. The third-order valence-corrected chi connectivity index (χ3v) is 2.43. The number of nitrogens with one attached hydrogen (secondary N) is 2. The molecule has 1 amide bonds. The summed E-state index contributed by atoms with van der Waals surface area (Å²) in [5.74, 6) is 2.38. The molecular formula is C14H18N2O. The lowest BCUT2D eigenvalue weighted by molar-refractivity contribution is -0.120. The first-order valence-corrected chi connectivity index (χ1v) is 5.75. The molecule has 0 fully saturated rings. The van der Waals surface area contributed by atoms with E-state index < -0.39 is 0 Å². The first-order chi connectivity index (χ1) is 8.26. The van der Waals surface area contributed by atoms with Crippen molar-refractivity contribution in [3.8, 4) is 12.3 Å². The van der Waals surface area contributed by atoms with Gasteiger partial charge < -0.3 is 5.32 Å². The van der Waals surface area contributed by atoms with E-state index in [1.165, 1.54) is 5.56 Å². The largest absolute Gasteiger partial charge is 0.351 e. The second-order valence-corrected chi connectivity index (χ2v) is 3.75. The highest BCUT2D eigenvalue weighted by atomic mass is 16.1. The predicted molar refractivity (Wildman–Crippen MR) is 69.4 cm³/mol. The van der Waals surface area contributed by atoms with E-state index in [2.05, 4.69) is 35.6 Å². The molecule has 0 aliphatic heterocycles. The summed E-state index contributed by atoms with van der Waals surface area (Å²) in [6.45, 7) is 3.35. The summed E-state index contributed by atoms with van der Waals surface area (Å²) in [6.07, 6.45) is 6.09. The minimum atomic E-state index is -0.0418. The fraction of sp³-hybridized carbons (Fsp3) is 0.357. The van der Waals surface area contributed by atoms with Crippen molar-refractivity contribution in [2.45, 2.75) is 19.9 Å². The van der Waals surface area contributed by atoms with Crippen LogP contribution in [0, 0.1) is 12.3 Å². The number of aryl methyl sites for hydroxylation is 1. The molecule has 3 nitrogen and oxygen atoms in total. The Morgan fingerprint density at radius 2 is 1.94 bits per heavy atom. The average molecular weight is 230 g/mol. The van der Waals surface area contributed by atoms with Crippen LogP contribution in [-0.2, 0) is 17.8 Å². The van der Waals surface area contributed by atoms with Gasteiger partial charge in [0.05, 0.1) is 13.1 Å². The molecule has 0 saturated carbocycles. The molecule has 0 radical (unpaired) electrons. The minimum Gasteiger partial charge on any atom is -0.351 e. The van der Waals surface area contributed by atoms with Crippen LogP contribution < -0.4 is 10.6 Å². The summed E-state index contributed by atoms with van der Waals surface area (Å²) >= 11 is 0. The fourth-order valence-corrected chi connectivity index (χ4v) is 1.40. The van der Waals surface area contributed by atoms with E-state index >= 15 is 0 Å². The summed E-state index contributed by atoms with van der Waals surface area (Å²) in [7, 11) is 0. The summed E-state index contributed by atoms with van der Waals surface area (Å²) in [6, 6.07) is 8.23. The maximum Gasteiger partial charge on any atom is 0.234 e. The SMILES string of the molecule is C#CCNCC(=O)NCc1ccc(CC)cc1. The molecule has 1 aromatic rings. The molecule has 2 N–H and O–H groups in total. The van der Waals surface area contributed by atoms with Gasteiger partial charge in [-0.25, -0.2) is 0 Å². The van der Waals surface area contributed by atoms with E-state index in [1.54, 1.807) is 0 Å². The van der Waals surface area contributed by atoms with Gasteiger partial charge in [-0.2, -0.15) is 0 Å². The number of hydrogen-bond acceptors (Lipinski definition) is 2. The average Bonchev–Trinajstić information content (AvgIpc) is 2.37. The van der Waals surface area contributed by atoms with Crippen LogP contribution in [0.15, 0.2) is 24.3 Å². The topological polar surface area (TPSA) is 41.1 Å². The number of hydrogen-bond donors (Lipinski definition) is 2. The van der Waals surface area contributed by atoms with Crippen LogP contribution in [0.3, 0.4) is 0 Å². The van der Waals surface area contributed by atoms with Crippen LogP contribution >= 0.6 is 0 Å². The van der Waals surface area contributed by atoms with E-state index in [0.29, 0.717) is 13.1 Å². The number of amides is 1. The Morgan fingerprint density at radius 1 is 1.29 bits per heavy atom. The Balaban J connectivity index is 2.29. The maximum atomic E-state index is 11.4. The Kier molecular flexibility index (Phi) is 5.84. The molecule has 0 atom stereocenters. The molecule has 0 saturated heterocycles. The molecule has 0 aliphatic rings. The molecule has 0 bridgehead atoms. The molecule has 0 heterocycles. The van der Waals surface area contributed by atoms with E-state index in [-0.39, 0.29) is 12.5 Å². The highest BCUT2D eigenvalue weighted by Crippen LogP contribution is 2.04. The van der Waals surface area contributed by atoms with Gasteiger partial charge in [0.25, 0.3) is 0 Å². The van der Waals surface area contributed by atoms with Crippen molar-refractivity contribution in [1.82, 2.24) is 10.6 Å². The Morgan fingerprint density at radius 3 is 2.53 bits per heavy atom. The number of carbonyl (C=O) groups excluding carboxylic acids is 1. The lowest BCUT2D eigenvalue weighted by atomic mass is 10.1. The predicted octanol–water partition coefficient (Wildman–Crippen LogP) is 1.09. The maximum absolute atomic E-state index is 11.4. The first-order valence-electron chi connectivity index (χ1n) is 5.75. The van der Waals surface area contributed by atoms with Crippen molar-refractivity contribution in [2.75, 3.05) is 13.1 Å². The number of benzene rings is 1. The van der Waals surface area contributed by atoms with Crippen LogP contribution in [0.5, 0.6) is 0 Å². The monoisotopic (exact) mass is 230 g/mol. The number of rotatable bonds is 6. The van der Waals surface area contributed by atoms with E-state index in [9.17, 15) is 4.79 Å². The van der Waals surface area contributed by atoms with Gasteiger partial charge in [-0.15, -0.1) is 6.42 Å². The van der Waals surface area contributed by atoms with E-state index in [0.717, 1.165) is 12.0 Å². The van der Waals surface area contributed by atoms with Crippen molar-refractivity contribution in [3.05, 3.63) is 35.4 Å². The van der Waals surface area contributed by atoms with Crippen molar-refractivity contribution in [3.63, 3.8) is 0 Å². The summed E-state index contributed by atoms with van der Waals surface area (Å²) in [4.78, 5) is 11.4. The Labute approximate surface area is 103 Å². The standard InChI is InChI=1S/C14H18N2O/c1-3-9-15-11-14(17)16-10-13-7-5-12(4-2)6-8-13/h1,5-8,15H,4,9-11H2,2H3,(H,16,17). The van der Waals surface area contributed by atoms with Crippen molar-refractivity contribution < 1.29 is 4.79 Å². The summed E-state index contributed by atoms with van der Waals surface area (Å²) in [5.41, 5.74) is 2.41. The van der Waals surface area contributed by atoms with E-state index in [4.69, 9.17) is 6.42 Å². The van der Waals surface area contributed by atoms with Crippen LogP contribution in [0.1, 0.15) is 18.1 Å². The van der Waals surface area contributed by atoms with Crippen LogP contribution in [0.4, 0.5) is 0 Å². The fourth-order valence-electron chi connectivity index (χ4n) is 1.40. The van der Waals surface area contributed by atoms with E-state index in [1.807, 2.05) is 12.1 Å². The van der Waals surface area contributed by atoms with Gasteiger partial charge in [-0.3, -0.25) is 10.1 Å². The third kappa shape index (κ3) is 5.19. The van der Waals surface area contributed by atoms with Crippen molar-refractivity contribution in [1.29, 1.82) is 0 Å². The molecule has 90 valence electrons. The third-order valence-electron chi connectivity index (χ3n) is 2.43. The molecule has 3 heteroatoms. The van der Waals surface area contributed by atoms with Crippen LogP contribution in [-0.4, -0.2) is 19.0 Å². The molecule has 0 aliphatic carbocycles. The van der Waals surface area contributed by atoms with Crippen molar-refractivity contribution >= 4 is 5.91 Å². The Bertz CT molecular complexity index is 390. The quantitative estimate of drug-likeness (QED) is 0.567. The van der Waals surface area contributed by atoms with Gasteiger partial charge in [-0.05, 0) is 17.5 Å². The number of terminal acetylenes is 1. The van der Waals surface area contributed by atoms with Gasteiger partial charge in [0, 0.05) is 6.54 Å². The van der Waals surface area contributed by atoms with Gasteiger partial charge in [0.1, 0.15) is 0 Å². The molecule has 0 spiro atoms. The lowest BCUT2D eigenvalue weighted by Gasteiger charge is -2.06. The molecule has 0 unspecified atom stereocenters. The van der Waals surface area contributed by atoms with Gasteiger partial charge >= 0.3 is 0 Å². The smallest absolute Gasteiger partial charge is 0.234 e. The van der Waals surface area contributed by atoms with Crippen LogP contribution in [0.2, 0.25) is 0 Å². The van der Waals surface area contributed by atoms with Gasteiger partial charge in [-0.1, -0.05) is 37.1 Å². The molecule has 0 aromatic heterocycles. The lowest BCUT2D eigenvalue weighted by Crippen LogP contribution is -2.33. The molecule has 1 aromatic carbocycles. The second kappa shape index (κ2) is 7.48. The second-order valence-electron chi connectivity index (χ2n) is 3.75. The molecule has 17 heavy (non-hydrogen) atoms. The summed E-state index contributed by atoms with van der Waals surface area (Å²) in [5, 5.41) is 5.67. The molecular weight excluding hydrogens is 212 g/mol. The summed E-state index contributed by atoms with van der Waals surface area (Å²) < 4.78 is 0. The van der Waals surface area contributed by atoms with Gasteiger partial charge in [0.15, 0.2) is 0 Å². The molecule has 1 rings (SSSR count). The van der Waals surface area contributed by atoms with Crippen molar-refractivity contribution in [2.24, 2.45) is 0 Å². The highest BCUT2D eigenvalue weighted by molar-refractivity contribution is 5.77.